The maximum absolute atomic E-state index is 12.0. The van der Waals surface area contributed by atoms with Crippen molar-refractivity contribution >= 4 is 15.9 Å². The second-order valence-electron chi connectivity index (χ2n) is 2.84. The molecule has 2 N–H and O–H groups in total. The van der Waals surface area contributed by atoms with Crippen molar-refractivity contribution in [3.63, 3.8) is 0 Å². The SMILES string of the molecule is N[C@@H](CC(F)(F)F)c1ccnc(Br)c1. The molecular formula is C8H8BrF3N2. The number of halogens is 4. The third-order valence-corrected chi connectivity index (χ3v) is 2.06. The van der Waals surface area contributed by atoms with Crippen LogP contribution in [0.15, 0.2) is 22.9 Å². The molecule has 1 atom stereocenters. The van der Waals surface area contributed by atoms with Crippen LogP contribution < -0.4 is 5.73 Å². The first-order chi connectivity index (χ1) is 6.38. The van der Waals surface area contributed by atoms with Crippen molar-refractivity contribution < 1.29 is 13.2 Å². The number of hydrogen-bond donors (Lipinski definition) is 1. The topological polar surface area (TPSA) is 38.9 Å². The lowest BCUT2D eigenvalue weighted by atomic mass is 10.1. The standard InChI is InChI=1S/C8H8BrF3N2/c9-7-3-5(1-2-14-7)6(13)4-8(10,11)12/h1-3,6H,4,13H2/t6-/m0/s1. The van der Waals surface area contributed by atoms with Crippen LogP contribution in [0.25, 0.3) is 0 Å². The van der Waals surface area contributed by atoms with Gasteiger partial charge >= 0.3 is 6.18 Å². The predicted molar refractivity (Wildman–Crippen MR) is 49.5 cm³/mol. The lowest BCUT2D eigenvalue weighted by molar-refractivity contribution is -0.138. The maximum atomic E-state index is 12.0. The van der Waals surface area contributed by atoms with E-state index in [1.807, 2.05) is 0 Å². The Morgan fingerprint density at radius 1 is 1.50 bits per heavy atom. The van der Waals surface area contributed by atoms with Crippen molar-refractivity contribution in [2.75, 3.05) is 0 Å². The summed E-state index contributed by atoms with van der Waals surface area (Å²) >= 11 is 3.06. The van der Waals surface area contributed by atoms with Gasteiger partial charge in [-0.15, -0.1) is 0 Å². The van der Waals surface area contributed by atoms with Crippen LogP contribution in [0.2, 0.25) is 0 Å². The molecule has 0 aliphatic rings. The van der Waals surface area contributed by atoms with Crippen molar-refractivity contribution in [3.05, 3.63) is 28.5 Å². The third-order valence-electron chi connectivity index (χ3n) is 1.63. The average molecular weight is 269 g/mol. The summed E-state index contributed by atoms with van der Waals surface area (Å²) in [4.78, 5) is 3.80. The molecule has 2 nitrogen and oxygen atoms in total. The second-order valence-corrected chi connectivity index (χ2v) is 3.65. The quantitative estimate of drug-likeness (QED) is 0.838. The minimum absolute atomic E-state index is 0.421. The van der Waals surface area contributed by atoms with Gasteiger partial charge in [-0.1, -0.05) is 0 Å². The van der Waals surface area contributed by atoms with E-state index >= 15 is 0 Å². The van der Waals surface area contributed by atoms with E-state index in [2.05, 4.69) is 20.9 Å². The van der Waals surface area contributed by atoms with Crippen LogP contribution in [0.1, 0.15) is 18.0 Å². The molecule has 1 aromatic rings. The molecule has 0 aromatic carbocycles. The molecule has 0 unspecified atom stereocenters. The molecule has 0 fully saturated rings. The predicted octanol–water partition coefficient (Wildman–Crippen LogP) is 2.80. The zero-order valence-corrected chi connectivity index (χ0v) is 8.64. The van der Waals surface area contributed by atoms with Crippen LogP contribution in [-0.2, 0) is 0 Å². The maximum Gasteiger partial charge on any atom is 0.390 e. The lowest BCUT2D eigenvalue weighted by Gasteiger charge is -2.14. The summed E-state index contributed by atoms with van der Waals surface area (Å²) in [6, 6.07) is 1.92. The molecule has 0 aliphatic carbocycles. The van der Waals surface area contributed by atoms with E-state index in [4.69, 9.17) is 5.73 Å². The Morgan fingerprint density at radius 3 is 2.64 bits per heavy atom. The molecule has 1 heterocycles. The van der Waals surface area contributed by atoms with Crippen molar-refractivity contribution in [2.45, 2.75) is 18.6 Å². The average Bonchev–Trinajstić information content (AvgIpc) is 2.01. The van der Waals surface area contributed by atoms with E-state index in [1.165, 1.54) is 18.3 Å². The van der Waals surface area contributed by atoms with Gasteiger partial charge in [-0.2, -0.15) is 13.2 Å². The number of hydrogen-bond acceptors (Lipinski definition) is 2. The smallest absolute Gasteiger partial charge is 0.324 e. The largest absolute Gasteiger partial charge is 0.390 e. The fraction of sp³-hybridized carbons (Fsp3) is 0.375. The Balaban J connectivity index is 2.74. The van der Waals surface area contributed by atoms with E-state index < -0.39 is 18.6 Å². The Morgan fingerprint density at radius 2 is 2.14 bits per heavy atom. The van der Waals surface area contributed by atoms with Crippen LogP contribution >= 0.6 is 15.9 Å². The molecule has 78 valence electrons. The molecule has 1 aromatic heterocycles. The molecule has 0 saturated heterocycles. The van der Waals surface area contributed by atoms with Crippen LogP contribution in [0.5, 0.6) is 0 Å². The highest BCUT2D eigenvalue weighted by Crippen LogP contribution is 2.28. The Hall–Kier alpha value is -0.620. The summed E-state index contributed by atoms with van der Waals surface area (Å²) in [5.74, 6) is 0. The number of rotatable bonds is 2. The zero-order chi connectivity index (χ0) is 10.8. The first-order valence-corrected chi connectivity index (χ1v) is 4.61. The molecule has 0 radical (unpaired) electrons. The summed E-state index contributed by atoms with van der Waals surface area (Å²) in [6.45, 7) is 0. The van der Waals surface area contributed by atoms with Crippen LogP contribution in [0.3, 0.4) is 0 Å². The monoisotopic (exact) mass is 268 g/mol. The van der Waals surface area contributed by atoms with E-state index in [0.717, 1.165) is 0 Å². The van der Waals surface area contributed by atoms with E-state index in [0.29, 0.717) is 10.2 Å². The van der Waals surface area contributed by atoms with Gasteiger partial charge in [-0.3, -0.25) is 0 Å². The Bertz CT molecular complexity index is 314. The van der Waals surface area contributed by atoms with E-state index in [-0.39, 0.29) is 0 Å². The van der Waals surface area contributed by atoms with Gasteiger partial charge in [0.15, 0.2) is 0 Å². The summed E-state index contributed by atoms with van der Waals surface area (Å²) in [5, 5.41) is 0. The molecule has 0 aliphatic heterocycles. The van der Waals surface area contributed by atoms with Gasteiger partial charge in [-0.05, 0) is 33.6 Å². The van der Waals surface area contributed by atoms with Gasteiger partial charge in [-0.25, -0.2) is 4.98 Å². The summed E-state index contributed by atoms with van der Waals surface area (Å²) in [6.07, 6.45) is -3.85. The van der Waals surface area contributed by atoms with Crippen molar-refractivity contribution in [1.29, 1.82) is 0 Å². The number of nitrogens with two attached hydrogens (primary N) is 1. The van der Waals surface area contributed by atoms with Crippen LogP contribution in [0, 0.1) is 0 Å². The normalized spacial score (nSPS) is 14.1. The highest BCUT2D eigenvalue weighted by atomic mass is 79.9. The fourth-order valence-corrected chi connectivity index (χ4v) is 1.40. The van der Waals surface area contributed by atoms with Crippen molar-refractivity contribution in [1.82, 2.24) is 4.98 Å². The van der Waals surface area contributed by atoms with E-state index in [9.17, 15) is 13.2 Å². The zero-order valence-electron chi connectivity index (χ0n) is 7.05. The van der Waals surface area contributed by atoms with Gasteiger partial charge in [0.25, 0.3) is 0 Å². The number of pyridine rings is 1. The number of aromatic nitrogens is 1. The highest BCUT2D eigenvalue weighted by molar-refractivity contribution is 9.10. The molecule has 1 rings (SSSR count). The van der Waals surface area contributed by atoms with E-state index in [1.54, 1.807) is 0 Å². The summed E-state index contributed by atoms with van der Waals surface area (Å²) in [5.41, 5.74) is 5.80. The van der Waals surface area contributed by atoms with Crippen LogP contribution in [0.4, 0.5) is 13.2 Å². The molecule has 14 heavy (non-hydrogen) atoms. The molecule has 0 spiro atoms. The molecule has 0 bridgehead atoms. The Labute approximate surface area is 87.4 Å². The van der Waals surface area contributed by atoms with Gasteiger partial charge in [0.05, 0.1) is 6.42 Å². The molecule has 0 saturated carbocycles. The minimum Gasteiger partial charge on any atom is -0.324 e. The first kappa shape index (κ1) is 11.5. The van der Waals surface area contributed by atoms with Crippen LogP contribution in [-0.4, -0.2) is 11.2 Å². The summed E-state index contributed by atoms with van der Waals surface area (Å²) < 4.78 is 36.4. The summed E-state index contributed by atoms with van der Waals surface area (Å²) in [7, 11) is 0. The fourth-order valence-electron chi connectivity index (χ4n) is 1.02. The number of nitrogens with zero attached hydrogens (tertiary/aromatic N) is 1. The number of alkyl halides is 3. The third kappa shape index (κ3) is 3.63. The molecule has 6 heteroatoms. The van der Waals surface area contributed by atoms with Crippen molar-refractivity contribution in [2.24, 2.45) is 5.73 Å². The first-order valence-electron chi connectivity index (χ1n) is 3.82. The second kappa shape index (κ2) is 4.27. The van der Waals surface area contributed by atoms with Gasteiger partial charge < -0.3 is 5.73 Å². The minimum atomic E-state index is -4.24. The Kier molecular flexibility index (Phi) is 3.49. The molecular weight excluding hydrogens is 261 g/mol. The molecule has 0 amide bonds. The van der Waals surface area contributed by atoms with Gasteiger partial charge in [0.2, 0.25) is 0 Å². The van der Waals surface area contributed by atoms with Gasteiger partial charge in [0.1, 0.15) is 4.60 Å². The lowest BCUT2D eigenvalue weighted by Crippen LogP contribution is -2.20. The highest BCUT2D eigenvalue weighted by Gasteiger charge is 2.30. The van der Waals surface area contributed by atoms with Gasteiger partial charge in [0, 0.05) is 12.2 Å². The van der Waals surface area contributed by atoms with Crippen molar-refractivity contribution in [3.8, 4) is 0 Å².